The van der Waals surface area contributed by atoms with Crippen molar-refractivity contribution in [1.82, 2.24) is 3.97 Å². The van der Waals surface area contributed by atoms with E-state index < -0.39 is 16.1 Å². The fraction of sp³-hybridized carbons (Fsp3) is 0.500. The summed E-state index contributed by atoms with van der Waals surface area (Å²) >= 11 is 0. The molecule has 0 amide bonds. The van der Waals surface area contributed by atoms with E-state index in [0.29, 0.717) is 30.0 Å². The smallest absolute Gasteiger partial charge is 0.268 e. The van der Waals surface area contributed by atoms with Crippen LogP contribution in [0.5, 0.6) is 0 Å². The van der Waals surface area contributed by atoms with Crippen molar-refractivity contribution in [3.05, 3.63) is 78.5 Å². The molecule has 4 unspecified atom stereocenters. The minimum Gasteiger partial charge on any atom is -0.388 e. The lowest BCUT2D eigenvalue weighted by Gasteiger charge is -2.63. The Kier molecular flexibility index (Phi) is 6.57. The summed E-state index contributed by atoms with van der Waals surface area (Å²) in [5.74, 6) is 0.175. The molecule has 6 rings (SSSR count). The second-order valence-electron chi connectivity index (χ2n) is 11.9. The zero-order chi connectivity index (χ0) is 27.6. The number of benzene rings is 2. The molecule has 39 heavy (non-hydrogen) atoms. The molecule has 1 aromatic heterocycles. The predicted molar refractivity (Wildman–Crippen MR) is 152 cm³/mol. The SMILES string of the molecule is C=C1CCC2(C)C(C)CCC3O[C@@H](OCC)CC32[C@@H]1[C@@H](O)c1cn(S(=O)(=O)c2ccccc2)c2ccccc12. The second kappa shape index (κ2) is 9.58. The summed E-state index contributed by atoms with van der Waals surface area (Å²) in [4.78, 5) is 0.213. The molecule has 7 heteroatoms. The van der Waals surface area contributed by atoms with Crippen LogP contribution < -0.4 is 0 Å². The van der Waals surface area contributed by atoms with E-state index in [4.69, 9.17) is 9.47 Å². The van der Waals surface area contributed by atoms with Gasteiger partial charge in [0.15, 0.2) is 6.29 Å². The Bertz CT molecular complexity index is 1500. The predicted octanol–water partition coefficient (Wildman–Crippen LogP) is 6.45. The van der Waals surface area contributed by atoms with Crippen molar-refractivity contribution < 1.29 is 23.0 Å². The largest absolute Gasteiger partial charge is 0.388 e. The lowest BCUT2D eigenvalue weighted by molar-refractivity contribution is -0.180. The normalized spacial score (nSPS) is 33.6. The van der Waals surface area contributed by atoms with E-state index in [1.165, 1.54) is 3.97 Å². The van der Waals surface area contributed by atoms with Gasteiger partial charge in [-0.1, -0.05) is 62.4 Å². The quantitative estimate of drug-likeness (QED) is 0.358. The van der Waals surface area contributed by atoms with Crippen LogP contribution in [0.3, 0.4) is 0 Å². The highest BCUT2D eigenvalue weighted by atomic mass is 32.2. The van der Waals surface area contributed by atoms with Crippen LogP contribution in [0.2, 0.25) is 0 Å². The van der Waals surface area contributed by atoms with Gasteiger partial charge in [0, 0.05) is 41.5 Å². The maximum absolute atomic E-state index is 13.8. The number of aliphatic hydroxyl groups excluding tert-OH is 1. The molecule has 3 aliphatic rings. The fourth-order valence-electron chi connectivity index (χ4n) is 8.25. The van der Waals surface area contributed by atoms with E-state index in [1.54, 1.807) is 42.6 Å². The zero-order valence-corrected chi connectivity index (χ0v) is 23.9. The lowest BCUT2D eigenvalue weighted by atomic mass is 9.41. The molecule has 0 radical (unpaired) electrons. The molecule has 2 aromatic carbocycles. The number of fused-ring (bicyclic) bond motifs is 1. The highest BCUT2D eigenvalue weighted by molar-refractivity contribution is 7.90. The van der Waals surface area contributed by atoms with Gasteiger partial charge in [-0.15, -0.1) is 0 Å². The standard InChI is InChI=1S/C32H39NO5S/c1-5-37-28-19-32-27(38-28)16-15-22(3)31(32,4)18-17-21(2)29(32)30(34)25-20-33(26-14-10-9-13-24(25)26)39(35,36)23-11-7-6-8-12-23/h6-14,20,22,27-30,34H,2,5,15-19H2,1,3-4H3/t22?,27?,28-,29+,30+,31?,32?/m1/s1. The molecule has 0 bridgehead atoms. The summed E-state index contributed by atoms with van der Waals surface area (Å²) in [6.07, 6.45) is 4.85. The van der Waals surface area contributed by atoms with Crippen LogP contribution in [-0.2, 0) is 19.5 Å². The average Bonchev–Trinajstić information content (AvgIpc) is 3.50. The third-order valence-electron chi connectivity index (χ3n) is 10.4. The molecule has 2 heterocycles. The molecule has 2 saturated carbocycles. The molecular weight excluding hydrogens is 510 g/mol. The minimum atomic E-state index is -3.86. The summed E-state index contributed by atoms with van der Waals surface area (Å²) in [5.41, 5.74) is 1.76. The minimum absolute atomic E-state index is 0.0478. The Balaban J connectivity index is 1.52. The van der Waals surface area contributed by atoms with E-state index in [2.05, 4.69) is 20.4 Å². The first kappa shape index (κ1) is 26.8. The molecule has 6 nitrogen and oxygen atoms in total. The molecule has 1 aliphatic heterocycles. The molecular formula is C32H39NO5S. The summed E-state index contributed by atoms with van der Waals surface area (Å²) < 4.78 is 41.5. The monoisotopic (exact) mass is 549 g/mol. The number of para-hydroxylation sites is 1. The van der Waals surface area contributed by atoms with Gasteiger partial charge in [-0.2, -0.15) is 0 Å². The maximum atomic E-state index is 13.8. The number of ether oxygens (including phenoxy) is 2. The summed E-state index contributed by atoms with van der Waals surface area (Å²) in [6.45, 7) is 11.8. The zero-order valence-electron chi connectivity index (χ0n) is 23.0. The Hall–Kier alpha value is -2.45. The fourth-order valence-corrected chi connectivity index (χ4v) is 9.65. The highest BCUT2D eigenvalue weighted by Crippen LogP contribution is 2.71. The first-order valence-electron chi connectivity index (χ1n) is 14.2. The van der Waals surface area contributed by atoms with E-state index >= 15 is 0 Å². The second-order valence-corrected chi connectivity index (χ2v) is 13.8. The Morgan fingerprint density at radius 3 is 2.62 bits per heavy atom. The van der Waals surface area contributed by atoms with Crippen molar-refractivity contribution in [1.29, 1.82) is 0 Å². The third kappa shape index (κ3) is 3.80. The third-order valence-corrected chi connectivity index (χ3v) is 12.1. The van der Waals surface area contributed by atoms with Gasteiger partial charge >= 0.3 is 0 Å². The molecule has 1 N–H and O–H groups in total. The molecule has 2 aliphatic carbocycles. The molecule has 3 aromatic rings. The van der Waals surface area contributed by atoms with Gasteiger partial charge in [-0.05, 0) is 62.1 Å². The first-order valence-corrected chi connectivity index (χ1v) is 15.6. The van der Waals surface area contributed by atoms with Crippen molar-refractivity contribution in [2.45, 2.75) is 76.3 Å². The van der Waals surface area contributed by atoms with Crippen molar-refractivity contribution in [3.63, 3.8) is 0 Å². The van der Waals surface area contributed by atoms with Crippen molar-refractivity contribution in [2.24, 2.45) is 22.7 Å². The van der Waals surface area contributed by atoms with Crippen LogP contribution in [0.25, 0.3) is 10.9 Å². The van der Waals surface area contributed by atoms with E-state index in [1.807, 2.05) is 25.1 Å². The molecule has 1 spiro atoms. The van der Waals surface area contributed by atoms with Gasteiger partial charge in [0.1, 0.15) is 0 Å². The van der Waals surface area contributed by atoms with Gasteiger partial charge in [0.25, 0.3) is 10.0 Å². The maximum Gasteiger partial charge on any atom is 0.268 e. The summed E-state index contributed by atoms with van der Waals surface area (Å²) in [6, 6.07) is 15.9. The van der Waals surface area contributed by atoms with Crippen LogP contribution in [0.15, 0.2) is 77.8 Å². The van der Waals surface area contributed by atoms with Crippen molar-refractivity contribution >= 4 is 20.9 Å². The van der Waals surface area contributed by atoms with Crippen molar-refractivity contribution in [2.75, 3.05) is 6.61 Å². The lowest BCUT2D eigenvalue weighted by Crippen LogP contribution is -2.60. The van der Waals surface area contributed by atoms with Crippen LogP contribution in [0.4, 0.5) is 0 Å². The van der Waals surface area contributed by atoms with E-state index in [9.17, 15) is 13.5 Å². The van der Waals surface area contributed by atoms with Gasteiger partial charge < -0.3 is 14.6 Å². The van der Waals surface area contributed by atoms with E-state index in [-0.39, 0.29) is 34.0 Å². The number of aromatic nitrogens is 1. The summed E-state index contributed by atoms with van der Waals surface area (Å²) in [7, 11) is -3.86. The highest BCUT2D eigenvalue weighted by Gasteiger charge is 2.68. The van der Waals surface area contributed by atoms with Crippen LogP contribution >= 0.6 is 0 Å². The van der Waals surface area contributed by atoms with Crippen LogP contribution in [-0.4, -0.2) is 36.5 Å². The van der Waals surface area contributed by atoms with Gasteiger partial charge in [-0.25, -0.2) is 12.4 Å². The summed E-state index contributed by atoms with van der Waals surface area (Å²) in [5, 5.41) is 13.1. The molecule has 3 fully saturated rings. The Morgan fingerprint density at radius 2 is 1.87 bits per heavy atom. The molecule has 208 valence electrons. The topological polar surface area (TPSA) is 77.8 Å². The average molecular weight is 550 g/mol. The van der Waals surface area contributed by atoms with Gasteiger partial charge in [-0.3, -0.25) is 0 Å². The molecule has 7 atom stereocenters. The number of rotatable bonds is 6. The van der Waals surface area contributed by atoms with Crippen molar-refractivity contribution in [3.8, 4) is 0 Å². The van der Waals surface area contributed by atoms with Gasteiger partial charge in [0.05, 0.1) is 22.6 Å². The number of hydrogen-bond donors (Lipinski definition) is 1. The van der Waals surface area contributed by atoms with Crippen LogP contribution in [0.1, 0.15) is 64.5 Å². The molecule has 1 saturated heterocycles. The van der Waals surface area contributed by atoms with E-state index in [0.717, 1.165) is 36.6 Å². The van der Waals surface area contributed by atoms with Crippen LogP contribution in [0, 0.1) is 22.7 Å². The van der Waals surface area contributed by atoms with Gasteiger partial charge in [0.2, 0.25) is 0 Å². The number of aliphatic hydroxyl groups is 1. The Morgan fingerprint density at radius 1 is 1.15 bits per heavy atom. The first-order chi connectivity index (χ1) is 18.6. The number of hydrogen-bond acceptors (Lipinski definition) is 5. The number of nitrogens with zero attached hydrogens (tertiary/aromatic N) is 1. The Labute approximate surface area is 231 Å².